The molecule has 0 N–H and O–H groups in total. The van der Waals surface area contributed by atoms with E-state index in [0.717, 1.165) is 20.9 Å². The average Bonchev–Trinajstić information content (AvgIpc) is 2.80. The lowest BCUT2D eigenvalue weighted by Gasteiger charge is -2.14. The zero-order valence-corrected chi connectivity index (χ0v) is 16.6. The molecule has 3 nitrogen and oxygen atoms in total. The summed E-state index contributed by atoms with van der Waals surface area (Å²) in [4.78, 5) is 26.4. The number of nitrogens with zero attached hydrogens (tertiary/aromatic N) is 1. The Hall–Kier alpha value is -1.02. The summed E-state index contributed by atoms with van der Waals surface area (Å²) in [6, 6.07) is 12.8. The van der Waals surface area contributed by atoms with Crippen LogP contribution < -0.4 is 0 Å². The number of hydrogen-bond donors (Lipinski definition) is 0. The standard InChI is InChI=1S/C17H10Cl2INO2S/c18-12-5-3-6-13(19)11(12)9-21-16(22)15(24-17(21)23)8-10-4-1-2-7-14(10)20/h1-8H,9H2/b15-8-. The number of thioether (sulfide) groups is 1. The second kappa shape index (κ2) is 7.47. The highest BCUT2D eigenvalue weighted by Gasteiger charge is 2.35. The maximum absolute atomic E-state index is 12.6. The van der Waals surface area contributed by atoms with Gasteiger partial charge in [-0.2, -0.15) is 0 Å². The van der Waals surface area contributed by atoms with Crippen LogP contribution >= 0.6 is 57.6 Å². The number of halogens is 3. The fourth-order valence-electron chi connectivity index (χ4n) is 2.21. The van der Waals surface area contributed by atoms with E-state index in [4.69, 9.17) is 23.2 Å². The van der Waals surface area contributed by atoms with Gasteiger partial charge in [-0.15, -0.1) is 0 Å². The number of imide groups is 1. The van der Waals surface area contributed by atoms with Crippen molar-refractivity contribution in [2.24, 2.45) is 0 Å². The lowest BCUT2D eigenvalue weighted by Crippen LogP contribution is -2.27. The largest absolute Gasteiger partial charge is 0.293 e. The summed E-state index contributed by atoms with van der Waals surface area (Å²) in [6.45, 7) is 0.0619. The number of hydrogen-bond acceptors (Lipinski definition) is 3. The van der Waals surface area contributed by atoms with Crippen LogP contribution in [-0.4, -0.2) is 16.0 Å². The highest BCUT2D eigenvalue weighted by Crippen LogP contribution is 2.36. The quantitative estimate of drug-likeness (QED) is 0.401. The maximum Gasteiger partial charge on any atom is 0.293 e. The van der Waals surface area contributed by atoms with Crippen molar-refractivity contribution in [2.75, 3.05) is 0 Å². The van der Waals surface area contributed by atoms with Crippen molar-refractivity contribution in [3.63, 3.8) is 0 Å². The number of benzene rings is 2. The van der Waals surface area contributed by atoms with Crippen molar-refractivity contribution in [1.82, 2.24) is 4.90 Å². The lowest BCUT2D eigenvalue weighted by atomic mass is 10.2. The summed E-state index contributed by atoms with van der Waals surface area (Å²) >= 11 is 15.4. The van der Waals surface area contributed by atoms with Crippen molar-refractivity contribution in [2.45, 2.75) is 6.54 Å². The molecule has 1 saturated heterocycles. The van der Waals surface area contributed by atoms with E-state index in [-0.39, 0.29) is 17.7 Å². The molecule has 2 amide bonds. The van der Waals surface area contributed by atoms with Gasteiger partial charge in [0.05, 0.1) is 11.4 Å². The van der Waals surface area contributed by atoms with E-state index in [1.54, 1.807) is 24.3 Å². The predicted molar refractivity (Wildman–Crippen MR) is 107 cm³/mol. The molecule has 1 heterocycles. The third-order valence-electron chi connectivity index (χ3n) is 3.44. The second-order valence-electron chi connectivity index (χ2n) is 4.99. The molecule has 1 aliphatic rings. The van der Waals surface area contributed by atoms with Gasteiger partial charge in [0.15, 0.2) is 0 Å². The Kier molecular flexibility index (Phi) is 5.54. The fourth-order valence-corrected chi connectivity index (χ4v) is 4.10. The number of amides is 2. The van der Waals surface area contributed by atoms with Crippen LogP contribution in [0.3, 0.4) is 0 Å². The molecule has 0 atom stereocenters. The van der Waals surface area contributed by atoms with Crippen LogP contribution in [0.4, 0.5) is 4.79 Å². The van der Waals surface area contributed by atoms with Crippen LogP contribution in [0.25, 0.3) is 6.08 Å². The molecule has 0 spiro atoms. The van der Waals surface area contributed by atoms with Crippen LogP contribution in [-0.2, 0) is 11.3 Å². The molecule has 0 bridgehead atoms. The van der Waals surface area contributed by atoms with E-state index in [0.29, 0.717) is 20.5 Å². The van der Waals surface area contributed by atoms with Crippen molar-refractivity contribution < 1.29 is 9.59 Å². The van der Waals surface area contributed by atoms with Crippen LogP contribution in [0.1, 0.15) is 11.1 Å². The molecule has 0 saturated carbocycles. The monoisotopic (exact) mass is 489 g/mol. The third-order valence-corrected chi connectivity index (χ3v) is 6.04. The Balaban J connectivity index is 1.89. The highest BCUT2D eigenvalue weighted by molar-refractivity contribution is 14.1. The fraction of sp³-hybridized carbons (Fsp3) is 0.0588. The van der Waals surface area contributed by atoms with Gasteiger partial charge in [-0.25, -0.2) is 0 Å². The van der Waals surface area contributed by atoms with E-state index in [1.165, 1.54) is 4.90 Å². The molecule has 1 fully saturated rings. The van der Waals surface area contributed by atoms with E-state index < -0.39 is 0 Å². The Morgan fingerprint density at radius 1 is 1.04 bits per heavy atom. The molecule has 0 aliphatic carbocycles. The Morgan fingerprint density at radius 2 is 1.71 bits per heavy atom. The third kappa shape index (κ3) is 3.64. The van der Waals surface area contributed by atoms with Gasteiger partial charge in [0.2, 0.25) is 0 Å². The molecule has 2 aromatic carbocycles. The van der Waals surface area contributed by atoms with E-state index in [1.807, 2.05) is 24.3 Å². The topological polar surface area (TPSA) is 37.4 Å². The van der Waals surface area contributed by atoms with Crippen LogP contribution in [0.2, 0.25) is 10.0 Å². The van der Waals surface area contributed by atoms with Crippen LogP contribution in [0.15, 0.2) is 47.4 Å². The number of carbonyl (C=O) groups excluding carboxylic acids is 2. The summed E-state index contributed by atoms with van der Waals surface area (Å²) in [6.07, 6.45) is 1.74. The molecule has 7 heteroatoms. The maximum atomic E-state index is 12.6. The second-order valence-corrected chi connectivity index (χ2v) is 7.96. The first kappa shape index (κ1) is 17.8. The SMILES string of the molecule is O=C1S/C(=C\c2ccccc2I)C(=O)N1Cc1c(Cl)cccc1Cl. The molecule has 0 unspecified atom stereocenters. The number of carbonyl (C=O) groups is 2. The zero-order chi connectivity index (χ0) is 17.3. The normalized spacial score (nSPS) is 16.3. The molecular weight excluding hydrogens is 480 g/mol. The lowest BCUT2D eigenvalue weighted by molar-refractivity contribution is -0.123. The summed E-state index contributed by atoms with van der Waals surface area (Å²) in [7, 11) is 0. The molecule has 0 aromatic heterocycles. The Morgan fingerprint density at radius 3 is 2.38 bits per heavy atom. The van der Waals surface area contributed by atoms with Gasteiger partial charge in [0.1, 0.15) is 0 Å². The smallest absolute Gasteiger partial charge is 0.268 e. The van der Waals surface area contributed by atoms with Gasteiger partial charge in [-0.3, -0.25) is 14.5 Å². The summed E-state index contributed by atoms with van der Waals surface area (Å²) in [5, 5.41) is 0.541. The van der Waals surface area contributed by atoms with Crippen LogP contribution in [0, 0.1) is 3.57 Å². The first-order chi connectivity index (χ1) is 11.5. The van der Waals surface area contributed by atoms with Crippen molar-refractivity contribution in [3.05, 3.63) is 72.1 Å². The minimum Gasteiger partial charge on any atom is -0.268 e. The van der Waals surface area contributed by atoms with Gasteiger partial charge >= 0.3 is 0 Å². The molecule has 122 valence electrons. The molecule has 0 radical (unpaired) electrons. The van der Waals surface area contributed by atoms with Crippen molar-refractivity contribution in [3.8, 4) is 0 Å². The molecule has 3 rings (SSSR count). The zero-order valence-electron chi connectivity index (χ0n) is 12.1. The van der Waals surface area contributed by atoms with Gasteiger partial charge in [0.25, 0.3) is 11.1 Å². The molecule has 24 heavy (non-hydrogen) atoms. The Labute approximate surface area is 167 Å². The summed E-state index contributed by atoms with van der Waals surface area (Å²) in [5.41, 5.74) is 1.47. The molecule has 2 aromatic rings. The first-order valence-corrected chi connectivity index (χ1v) is 9.55. The molecular formula is C17H10Cl2INO2S. The average molecular weight is 490 g/mol. The summed E-state index contributed by atoms with van der Waals surface area (Å²) < 4.78 is 1.01. The van der Waals surface area contributed by atoms with Crippen LogP contribution in [0.5, 0.6) is 0 Å². The minimum atomic E-state index is -0.333. The van der Waals surface area contributed by atoms with Gasteiger partial charge < -0.3 is 0 Å². The van der Waals surface area contributed by atoms with E-state index in [9.17, 15) is 9.59 Å². The summed E-state index contributed by atoms with van der Waals surface area (Å²) in [5.74, 6) is -0.333. The van der Waals surface area contributed by atoms with Gasteiger partial charge in [-0.1, -0.05) is 47.5 Å². The van der Waals surface area contributed by atoms with Gasteiger partial charge in [0, 0.05) is 19.2 Å². The predicted octanol–water partition coefficient (Wildman–Crippen LogP) is 5.83. The van der Waals surface area contributed by atoms with Gasteiger partial charge in [-0.05, 0) is 64.2 Å². The molecule has 1 aliphatic heterocycles. The number of rotatable bonds is 3. The first-order valence-electron chi connectivity index (χ1n) is 6.90. The van der Waals surface area contributed by atoms with E-state index >= 15 is 0 Å². The highest BCUT2D eigenvalue weighted by atomic mass is 127. The Bertz CT molecular complexity index is 849. The van der Waals surface area contributed by atoms with Crippen molar-refractivity contribution >= 4 is 74.8 Å². The van der Waals surface area contributed by atoms with E-state index in [2.05, 4.69) is 22.6 Å². The minimum absolute atomic E-state index is 0.0619. The van der Waals surface area contributed by atoms with Crippen molar-refractivity contribution in [1.29, 1.82) is 0 Å².